The maximum atomic E-state index is 11.1. The molecule has 1 aromatic rings. The van der Waals surface area contributed by atoms with E-state index in [1.54, 1.807) is 24.3 Å². The summed E-state index contributed by atoms with van der Waals surface area (Å²) in [6.07, 6.45) is 1.13. The molecule has 3 heteroatoms. The highest BCUT2D eigenvalue weighted by Crippen LogP contribution is 2.06. The molecule has 0 fully saturated rings. The normalized spacial score (nSPS) is 9.08. The fourth-order valence-electron chi connectivity index (χ4n) is 0.919. The fourth-order valence-corrected chi connectivity index (χ4v) is 0.919. The van der Waals surface area contributed by atoms with Crippen molar-refractivity contribution in [3.05, 3.63) is 35.4 Å². The number of hydrogen-bond donors (Lipinski definition) is 1. The number of esters is 1. The van der Waals surface area contributed by atoms with E-state index in [9.17, 15) is 4.79 Å². The van der Waals surface area contributed by atoms with Crippen molar-refractivity contribution in [2.75, 3.05) is 7.11 Å². The van der Waals surface area contributed by atoms with Crippen LogP contribution >= 0.6 is 0 Å². The van der Waals surface area contributed by atoms with Gasteiger partial charge in [0.15, 0.2) is 0 Å². The first kappa shape index (κ1) is 8.46. The Hall–Kier alpha value is -1.64. The molecule has 62 valence electrons. The first-order valence-corrected chi connectivity index (χ1v) is 3.47. The number of benzene rings is 1. The highest BCUT2D eigenvalue weighted by molar-refractivity contribution is 5.98. The van der Waals surface area contributed by atoms with E-state index in [4.69, 9.17) is 5.41 Å². The first-order valence-electron chi connectivity index (χ1n) is 3.47. The SMILES string of the molecule is COC(=O)c1ccccc1C=N. The molecule has 0 aliphatic carbocycles. The lowest BCUT2D eigenvalue weighted by atomic mass is 10.1. The fraction of sp³-hybridized carbons (Fsp3) is 0.111. The number of hydrogen-bond acceptors (Lipinski definition) is 3. The van der Waals surface area contributed by atoms with Gasteiger partial charge in [0.05, 0.1) is 12.7 Å². The summed E-state index contributed by atoms with van der Waals surface area (Å²) in [7, 11) is 1.32. The Morgan fingerprint density at radius 2 is 2.17 bits per heavy atom. The molecule has 0 bridgehead atoms. The minimum absolute atomic E-state index is 0.408. The zero-order valence-corrected chi connectivity index (χ0v) is 6.70. The van der Waals surface area contributed by atoms with Crippen molar-refractivity contribution in [2.45, 2.75) is 0 Å². The van der Waals surface area contributed by atoms with Crippen molar-refractivity contribution in [2.24, 2.45) is 0 Å². The van der Waals surface area contributed by atoms with Crippen LogP contribution in [0, 0.1) is 5.41 Å². The highest BCUT2D eigenvalue weighted by atomic mass is 16.5. The minimum Gasteiger partial charge on any atom is -0.465 e. The predicted octanol–water partition coefficient (Wildman–Crippen LogP) is 1.47. The van der Waals surface area contributed by atoms with Gasteiger partial charge in [0.2, 0.25) is 0 Å². The van der Waals surface area contributed by atoms with E-state index in [1.165, 1.54) is 7.11 Å². The smallest absolute Gasteiger partial charge is 0.338 e. The Kier molecular flexibility index (Phi) is 2.58. The molecular weight excluding hydrogens is 154 g/mol. The van der Waals surface area contributed by atoms with E-state index in [1.807, 2.05) is 0 Å². The Bertz CT molecular complexity index is 307. The molecule has 0 heterocycles. The van der Waals surface area contributed by atoms with Gasteiger partial charge in [-0.15, -0.1) is 0 Å². The summed E-state index contributed by atoms with van der Waals surface area (Å²) in [5, 5.41) is 7.02. The highest BCUT2D eigenvalue weighted by Gasteiger charge is 2.07. The number of nitrogens with one attached hydrogen (secondary N) is 1. The van der Waals surface area contributed by atoms with Crippen LogP contribution in [0.25, 0.3) is 0 Å². The van der Waals surface area contributed by atoms with Crippen molar-refractivity contribution in [3.8, 4) is 0 Å². The number of rotatable bonds is 2. The molecule has 0 unspecified atom stereocenters. The van der Waals surface area contributed by atoms with Gasteiger partial charge in [-0.2, -0.15) is 0 Å². The molecule has 0 atom stereocenters. The number of methoxy groups -OCH3 is 1. The van der Waals surface area contributed by atoms with Crippen molar-refractivity contribution in [1.29, 1.82) is 5.41 Å². The first-order chi connectivity index (χ1) is 5.79. The van der Waals surface area contributed by atoms with Gasteiger partial charge in [0.1, 0.15) is 0 Å². The van der Waals surface area contributed by atoms with E-state index >= 15 is 0 Å². The zero-order chi connectivity index (χ0) is 8.97. The number of ether oxygens (including phenoxy) is 1. The van der Waals surface area contributed by atoms with Crippen LogP contribution in [0.5, 0.6) is 0 Å². The summed E-state index contributed by atoms with van der Waals surface area (Å²) in [6, 6.07) is 6.83. The van der Waals surface area contributed by atoms with Crippen LogP contribution in [0.4, 0.5) is 0 Å². The molecule has 0 saturated carbocycles. The Morgan fingerprint density at radius 1 is 1.50 bits per heavy atom. The summed E-state index contributed by atoms with van der Waals surface area (Å²) in [5.41, 5.74) is 0.999. The topological polar surface area (TPSA) is 50.2 Å². The lowest BCUT2D eigenvalue weighted by Crippen LogP contribution is -2.04. The second kappa shape index (κ2) is 3.67. The molecular formula is C9H9NO2. The van der Waals surface area contributed by atoms with E-state index < -0.39 is 5.97 Å². The van der Waals surface area contributed by atoms with E-state index in [2.05, 4.69) is 4.74 Å². The standard InChI is InChI=1S/C9H9NO2/c1-12-9(11)8-5-3-2-4-7(8)6-10/h2-6,10H,1H3. The van der Waals surface area contributed by atoms with Gasteiger partial charge in [0.25, 0.3) is 0 Å². The summed E-state index contributed by atoms with van der Waals surface area (Å²) in [5.74, 6) is -0.408. The Labute approximate surface area is 70.5 Å². The quantitative estimate of drug-likeness (QED) is 0.530. The molecule has 0 spiro atoms. The van der Waals surface area contributed by atoms with Gasteiger partial charge < -0.3 is 10.1 Å². The monoisotopic (exact) mass is 163 g/mol. The van der Waals surface area contributed by atoms with Crippen LogP contribution in [0.15, 0.2) is 24.3 Å². The molecule has 0 aliphatic heterocycles. The van der Waals surface area contributed by atoms with Gasteiger partial charge in [-0.25, -0.2) is 4.79 Å². The second-order valence-corrected chi connectivity index (χ2v) is 2.22. The lowest BCUT2D eigenvalue weighted by Gasteiger charge is -2.01. The summed E-state index contributed by atoms with van der Waals surface area (Å²) in [6.45, 7) is 0. The van der Waals surface area contributed by atoms with Crippen LogP contribution in [0.1, 0.15) is 15.9 Å². The molecule has 3 nitrogen and oxygen atoms in total. The van der Waals surface area contributed by atoms with E-state index in [0.29, 0.717) is 11.1 Å². The van der Waals surface area contributed by atoms with Crippen molar-refractivity contribution < 1.29 is 9.53 Å². The van der Waals surface area contributed by atoms with Gasteiger partial charge in [-0.1, -0.05) is 18.2 Å². The Morgan fingerprint density at radius 3 is 2.75 bits per heavy atom. The lowest BCUT2D eigenvalue weighted by molar-refractivity contribution is 0.0600. The molecule has 1 N–H and O–H groups in total. The number of carbonyl (C=O) groups is 1. The zero-order valence-electron chi connectivity index (χ0n) is 6.70. The third kappa shape index (κ3) is 1.50. The van der Waals surface area contributed by atoms with Crippen LogP contribution < -0.4 is 0 Å². The second-order valence-electron chi connectivity index (χ2n) is 2.22. The van der Waals surface area contributed by atoms with Crippen molar-refractivity contribution in [1.82, 2.24) is 0 Å². The van der Waals surface area contributed by atoms with Crippen LogP contribution in [-0.4, -0.2) is 19.3 Å². The maximum absolute atomic E-state index is 11.1. The van der Waals surface area contributed by atoms with Gasteiger partial charge in [-0.3, -0.25) is 0 Å². The maximum Gasteiger partial charge on any atom is 0.338 e. The molecule has 0 aromatic heterocycles. The number of carbonyl (C=O) groups excluding carboxylic acids is 1. The molecule has 0 radical (unpaired) electrons. The van der Waals surface area contributed by atoms with Gasteiger partial charge in [-0.05, 0) is 6.07 Å². The van der Waals surface area contributed by atoms with E-state index in [0.717, 1.165) is 6.21 Å². The van der Waals surface area contributed by atoms with Crippen LogP contribution in [0.3, 0.4) is 0 Å². The minimum atomic E-state index is -0.408. The average Bonchev–Trinajstić information content (AvgIpc) is 2.16. The molecule has 12 heavy (non-hydrogen) atoms. The van der Waals surface area contributed by atoms with Crippen molar-refractivity contribution >= 4 is 12.2 Å². The van der Waals surface area contributed by atoms with Crippen LogP contribution in [-0.2, 0) is 4.74 Å². The van der Waals surface area contributed by atoms with Gasteiger partial charge >= 0.3 is 5.97 Å². The summed E-state index contributed by atoms with van der Waals surface area (Å²) < 4.78 is 4.54. The molecule has 0 saturated heterocycles. The third-order valence-corrected chi connectivity index (χ3v) is 1.52. The Balaban J connectivity index is 3.13. The van der Waals surface area contributed by atoms with Gasteiger partial charge in [0, 0.05) is 11.8 Å². The summed E-state index contributed by atoms with van der Waals surface area (Å²) >= 11 is 0. The molecule has 1 aromatic carbocycles. The van der Waals surface area contributed by atoms with E-state index in [-0.39, 0.29) is 0 Å². The molecule has 1 rings (SSSR count). The largest absolute Gasteiger partial charge is 0.465 e. The molecule has 0 amide bonds. The third-order valence-electron chi connectivity index (χ3n) is 1.52. The average molecular weight is 163 g/mol. The summed E-state index contributed by atoms with van der Waals surface area (Å²) in [4.78, 5) is 11.1. The van der Waals surface area contributed by atoms with Crippen LogP contribution in [0.2, 0.25) is 0 Å². The van der Waals surface area contributed by atoms with Crippen molar-refractivity contribution in [3.63, 3.8) is 0 Å². The molecule has 0 aliphatic rings. The predicted molar refractivity (Wildman–Crippen MR) is 45.7 cm³/mol.